The highest BCUT2D eigenvalue weighted by Gasteiger charge is 2.26. The number of hydrogen-bond donors (Lipinski definition) is 0. The Labute approximate surface area is 268 Å². The van der Waals surface area contributed by atoms with Gasteiger partial charge in [0.15, 0.2) is 0 Å². The van der Waals surface area contributed by atoms with E-state index < -0.39 is 0 Å². The number of ether oxygens (including phenoxy) is 1. The quantitative estimate of drug-likeness (QED) is 0.198. The van der Waals surface area contributed by atoms with Crippen LogP contribution in [0.25, 0.3) is 88.2 Å². The highest BCUT2D eigenvalue weighted by atomic mass is 16.5. The summed E-state index contributed by atoms with van der Waals surface area (Å²) >= 11 is 0. The molecule has 3 aromatic heterocycles. The highest BCUT2D eigenvalue weighted by Crippen LogP contribution is 2.47. The lowest BCUT2D eigenvalue weighted by Crippen LogP contribution is -2.06. The van der Waals surface area contributed by atoms with Crippen molar-refractivity contribution in [3.63, 3.8) is 0 Å². The van der Waals surface area contributed by atoms with Crippen LogP contribution in [0.3, 0.4) is 0 Å². The third-order valence-electron chi connectivity index (χ3n) is 9.71. The molecule has 5 nitrogen and oxygen atoms in total. The lowest BCUT2D eigenvalue weighted by atomic mass is 10.0. The summed E-state index contributed by atoms with van der Waals surface area (Å²) in [5.74, 6) is 2.23. The summed E-state index contributed by atoms with van der Waals surface area (Å²) in [7, 11) is 0. The zero-order valence-corrected chi connectivity index (χ0v) is 25.1. The summed E-state index contributed by atoms with van der Waals surface area (Å²) in [6, 6.07) is 51.2. The summed E-state index contributed by atoms with van der Waals surface area (Å²) in [6.45, 7) is 0. The van der Waals surface area contributed by atoms with Crippen LogP contribution in [-0.2, 0) is 0 Å². The number of para-hydroxylation sites is 3. The zero-order chi connectivity index (χ0) is 30.6. The molecule has 0 spiro atoms. The maximum atomic E-state index is 6.31. The predicted octanol–water partition coefficient (Wildman–Crippen LogP) is 10.7. The summed E-state index contributed by atoms with van der Waals surface area (Å²) in [6.07, 6.45) is 0. The molecule has 0 N–H and O–H groups in total. The zero-order valence-electron chi connectivity index (χ0n) is 25.1. The van der Waals surface area contributed by atoms with Crippen LogP contribution in [-0.4, -0.2) is 19.1 Å². The second-order valence-electron chi connectivity index (χ2n) is 12.2. The van der Waals surface area contributed by atoms with Crippen LogP contribution in [0.1, 0.15) is 0 Å². The normalized spacial score (nSPS) is 12.4. The van der Waals surface area contributed by atoms with Gasteiger partial charge in [-0.3, -0.25) is 4.57 Å². The smallest absolute Gasteiger partial charge is 0.235 e. The van der Waals surface area contributed by atoms with Crippen molar-refractivity contribution in [3.05, 3.63) is 146 Å². The molecule has 5 heteroatoms. The second-order valence-corrected chi connectivity index (χ2v) is 12.2. The van der Waals surface area contributed by atoms with E-state index in [1.165, 1.54) is 43.4 Å². The third-order valence-corrected chi connectivity index (χ3v) is 9.71. The predicted molar refractivity (Wildman–Crippen MR) is 191 cm³/mol. The number of fused-ring (bicyclic) bond motifs is 11. The molecule has 1 aliphatic heterocycles. The van der Waals surface area contributed by atoms with Crippen molar-refractivity contribution in [1.82, 2.24) is 19.1 Å². The van der Waals surface area contributed by atoms with Gasteiger partial charge >= 0.3 is 0 Å². The van der Waals surface area contributed by atoms with Gasteiger partial charge in [0.1, 0.15) is 11.5 Å². The molecular formula is C42H24N4O. The third kappa shape index (κ3) is 3.27. The minimum absolute atomic E-state index is 0.641. The van der Waals surface area contributed by atoms with Gasteiger partial charge in [-0.15, -0.1) is 0 Å². The number of hydrogen-bond acceptors (Lipinski definition) is 3. The van der Waals surface area contributed by atoms with Gasteiger partial charge in [-0.2, -0.15) is 0 Å². The Kier molecular flexibility index (Phi) is 4.78. The number of rotatable bonds is 2. The molecule has 0 bridgehead atoms. The van der Waals surface area contributed by atoms with E-state index in [2.05, 4.69) is 124 Å². The van der Waals surface area contributed by atoms with E-state index in [0.29, 0.717) is 5.95 Å². The van der Waals surface area contributed by atoms with Gasteiger partial charge in [0, 0.05) is 32.8 Å². The molecule has 0 radical (unpaired) electrons. The van der Waals surface area contributed by atoms with Gasteiger partial charge in [-0.25, -0.2) is 9.97 Å². The van der Waals surface area contributed by atoms with Gasteiger partial charge in [0.25, 0.3) is 0 Å². The fourth-order valence-electron chi connectivity index (χ4n) is 7.79. The van der Waals surface area contributed by atoms with Crippen LogP contribution < -0.4 is 4.74 Å². The molecule has 4 heterocycles. The first-order chi connectivity index (χ1) is 23.3. The molecule has 0 fully saturated rings. The Morgan fingerprint density at radius 1 is 0.426 bits per heavy atom. The Morgan fingerprint density at radius 2 is 1.11 bits per heavy atom. The molecule has 10 aromatic rings. The summed E-state index contributed by atoms with van der Waals surface area (Å²) in [5, 5.41) is 8.20. The Balaban J connectivity index is 1.35. The van der Waals surface area contributed by atoms with Crippen LogP contribution in [0.5, 0.6) is 11.5 Å². The molecule has 0 amide bonds. The number of nitrogens with zero attached hydrogens (tertiary/aromatic N) is 4. The van der Waals surface area contributed by atoms with Crippen molar-refractivity contribution in [2.45, 2.75) is 0 Å². The van der Waals surface area contributed by atoms with Crippen molar-refractivity contribution < 1.29 is 4.74 Å². The first kappa shape index (κ1) is 24.8. The molecular weight excluding hydrogens is 576 g/mol. The molecule has 7 aromatic carbocycles. The monoisotopic (exact) mass is 600 g/mol. The van der Waals surface area contributed by atoms with E-state index in [4.69, 9.17) is 14.7 Å². The van der Waals surface area contributed by atoms with Crippen LogP contribution in [0.15, 0.2) is 146 Å². The van der Waals surface area contributed by atoms with Gasteiger partial charge in [-0.05, 0) is 71.4 Å². The summed E-state index contributed by atoms with van der Waals surface area (Å²) in [4.78, 5) is 10.6. The molecule has 47 heavy (non-hydrogen) atoms. The van der Waals surface area contributed by atoms with Gasteiger partial charge in [0.2, 0.25) is 5.95 Å². The van der Waals surface area contributed by atoms with Crippen molar-refractivity contribution in [1.29, 1.82) is 0 Å². The maximum Gasteiger partial charge on any atom is 0.235 e. The van der Waals surface area contributed by atoms with Gasteiger partial charge in [-0.1, -0.05) is 84.9 Å². The van der Waals surface area contributed by atoms with Crippen molar-refractivity contribution in [2.24, 2.45) is 0 Å². The van der Waals surface area contributed by atoms with E-state index in [9.17, 15) is 0 Å². The molecule has 1 aliphatic rings. The Bertz CT molecular complexity index is 2940. The first-order valence-electron chi connectivity index (χ1n) is 15.9. The van der Waals surface area contributed by atoms with Crippen molar-refractivity contribution in [2.75, 3.05) is 0 Å². The fourth-order valence-corrected chi connectivity index (χ4v) is 7.79. The summed E-state index contributed by atoms with van der Waals surface area (Å²) in [5.41, 5.74) is 8.35. The van der Waals surface area contributed by atoms with Gasteiger partial charge < -0.3 is 9.30 Å². The summed E-state index contributed by atoms with van der Waals surface area (Å²) < 4.78 is 10.9. The molecule has 0 atom stereocenters. The van der Waals surface area contributed by atoms with Gasteiger partial charge in [0.05, 0.1) is 38.7 Å². The minimum Gasteiger partial charge on any atom is -0.456 e. The maximum absolute atomic E-state index is 6.31. The SMILES string of the molecule is c1ccc(-n2c3ccccc3c3c4c5c6ccccc6ccc5n(-c5nc6c7c(cccc7n5)Oc5ccccc5-6)c4ccc32)cc1. The van der Waals surface area contributed by atoms with Crippen LogP contribution in [0.2, 0.25) is 0 Å². The first-order valence-corrected chi connectivity index (χ1v) is 15.9. The van der Waals surface area contributed by atoms with E-state index in [1.807, 2.05) is 30.3 Å². The molecule has 218 valence electrons. The minimum atomic E-state index is 0.641. The lowest BCUT2D eigenvalue weighted by Gasteiger charge is -2.21. The molecule has 11 rings (SSSR count). The standard InChI is InChI=1S/C42H24N4O/c1-2-12-26(13-3-1)45-31-18-8-6-15-28(31)38-32(45)23-24-34-40(38)37-27-14-5-4-11-25(27)21-22-33(37)46(34)42-43-30-17-10-20-36-39(30)41(44-42)29-16-7-9-19-35(29)47-36/h1-24H. The average Bonchev–Trinajstić information content (AvgIpc) is 3.65. The Morgan fingerprint density at radius 3 is 2.02 bits per heavy atom. The highest BCUT2D eigenvalue weighted by molar-refractivity contribution is 6.33. The van der Waals surface area contributed by atoms with E-state index >= 15 is 0 Å². The molecule has 0 unspecified atom stereocenters. The van der Waals surface area contributed by atoms with Crippen molar-refractivity contribution >= 4 is 65.3 Å². The van der Waals surface area contributed by atoms with Crippen molar-refractivity contribution in [3.8, 4) is 34.4 Å². The van der Waals surface area contributed by atoms with Crippen LogP contribution in [0.4, 0.5) is 0 Å². The fraction of sp³-hybridized carbons (Fsp3) is 0. The largest absolute Gasteiger partial charge is 0.456 e. The lowest BCUT2D eigenvalue weighted by molar-refractivity contribution is 0.486. The van der Waals surface area contributed by atoms with E-state index in [-0.39, 0.29) is 0 Å². The topological polar surface area (TPSA) is 44.9 Å². The molecule has 0 saturated heterocycles. The van der Waals surface area contributed by atoms with E-state index in [1.54, 1.807) is 0 Å². The molecule has 0 aliphatic carbocycles. The Hall–Kier alpha value is -6.46. The number of aromatic nitrogens is 4. The molecule has 0 saturated carbocycles. The second kappa shape index (κ2) is 9.05. The van der Waals surface area contributed by atoms with E-state index in [0.717, 1.165) is 50.4 Å². The van der Waals surface area contributed by atoms with Crippen LogP contribution >= 0.6 is 0 Å². The van der Waals surface area contributed by atoms with Crippen LogP contribution in [0, 0.1) is 0 Å². The average molecular weight is 601 g/mol. The number of benzene rings is 7.